The van der Waals surface area contributed by atoms with Crippen LogP contribution in [-0.2, 0) is 0 Å². The Hall–Kier alpha value is -1.09. The lowest BCUT2D eigenvalue weighted by molar-refractivity contribution is 0.176. The zero-order chi connectivity index (χ0) is 13.2. The maximum Gasteiger partial charge on any atom is 0.123 e. The largest absolute Gasteiger partial charge is 0.396 e. The first-order valence-corrected chi connectivity index (χ1v) is 6.70. The molecule has 1 aromatic carbocycles. The molecule has 1 unspecified atom stereocenters. The number of rotatable bonds is 3. The molecule has 0 spiro atoms. The molecule has 1 atom stereocenters. The van der Waals surface area contributed by atoms with Gasteiger partial charge in [-0.25, -0.2) is 4.39 Å². The first kappa shape index (κ1) is 13.3. The van der Waals surface area contributed by atoms with Crippen LogP contribution in [0.4, 0.5) is 10.1 Å². The molecule has 0 radical (unpaired) electrons. The second kappa shape index (κ2) is 5.27. The summed E-state index contributed by atoms with van der Waals surface area (Å²) in [7, 11) is 0. The van der Waals surface area contributed by atoms with Gasteiger partial charge in [0.25, 0.3) is 0 Å². The Balaban J connectivity index is 2.23. The van der Waals surface area contributed by atoms with Crippen molar-refractivity contribution in [2.24, 2.45) is 5.92 Å². The number of aliphatic hydroxyl groups excluding tert-OH is 1. The van der Waals surface area contributed by atoms with E-state index >= 15 is 0 Å². The van der Waals surface area contributed by atoms with Crippen LogP contribution in [0.2, 0.25) is 0 Å². The van der Waals surface area contributed by atoms with E-state index in [0.717, 1.165) is 31.5 Å². The number of benzene rings is 1. The zero-order valence-corrected chi connectivity index (χ0v) is 11.2. The van der Waals surface area contributed by atoms with Crippen molar-refractivity contribution >= 4 is 5.69 Å². The van der Waals surface area contributed by atoms with E-state index in [0.29, 0.717) is 5.92 Å². The van der Waals surface area contributed by atoms with Crippen LogP contribution in [0.3, 0.4) is 0 Å². The Morgan fingerprint density at radius 3 is 2.61 bits per heavy atom. The Bertz CT molecular complexity index is 386. The fourth-order valence-corrected chi connectivity index (χ4v) is 3.09. The van der Waals surface area contributed by atoms with Gasteiger partial charge in [0, 0.05) is 24.4 Å². The molecule has 1 N–H and O–H groups in total. The van der Waals surface area contributed by atoms with Crippen LogP contribution >= 0.6 is 0 Å². The highest BCUT2D eigenvalue weighted by molar-refractivity contribution is 5.49. The number of halogens is 1. The molecule has 100 valence electrons. The monoisotopic (exact) mass is 251 g/mol. The molecule has 1 aromatic rings. The SMILES string of the molecule is CC1(C)C(CCO)CCCN1c1ccc(F)cc1. The molecular formula is C15H22FNO. The molecular weight excluding hydrogens is 229 g/mol. The second-order valence-electron chi connectivity index (χ2n) is 5.63. The van der Waals surface area contributed by atoms with Crippen LogP contribution in [0.15, 0.2) is 24.3 Å². The Labute approximate surface area is 108 Å². The van der Waals surface area contributed by atoms with E-state index in [9.17, 15) is 9.50 Å². The molecule has 1 saturated heterocycles. The van der Waals surface area contributed by atoms with Gasteiger partial charge in [-0.15, -0.1) is 0 Å². The second-order valence-corrected chi connectivity index (χ2v) is 5.63. The fraction of sp³-hybridized carbons (Fsp3) is 0.600. The molecule has 2 nitrogen and oxygen atoms in total. The molecule has 18 heavy (non-hydrogen) atoms. The van der Waals surface area contributed by atoms with Gasteiger partial charge in [-0.2, -0.15) is 0 Å². The summed E-state index contributed by atoms with van der Waals surface area (Å²) >= 11 is 0. The van der Waals surface area contributed by atoms with Crippen molar-refractivity contribution in [2.75, 3.05) is 18.1 Å². The number of aliphatic hydroxyl groups is 1. The smallest absolute Gasteiger partial charge is 0.123 e. The average Bonchev–Trinajstić information content (AvgIpc) is 2.33. The van der Waals surface area contributed by atoms with Crippen LogP contribution in [0.5, 0.6) is 0 Å². The number of hydrogen-bond donors (Lipinski definition) is 1. The molecule has 1 heterocycles. The van der Waals surface area contributed by atoms with Crippen LogP contribution in [0.25, 0.3) is 0 Å². The van der Waals surface area contributed by atoms with Gasteiger partial charge in [-0.1, -0.05) is 0 Å². The number of nitrogens with zero attached hydrogens (tertiary/aromatic N) is 1. The molecule has 3 heteroatoms. The third-order valence-electron chi connectivity index (χ3n) is 4.24. The maximum absolute atomic E-state index is 13.0. The van der Waals surface area contributed by atoms with Crippen molar-refractivity contribution < 1.29 is 9.50 Å². The van der Waals surface area contributed by atoms with Gasteiger partial charge in [0.05, 0.1) is 0 Å². The lowest BCUT2D eigenvalue weighted by Crippen LogP contribution is -2.53. The maximum atomic E-state index is 13.0. The van der Waals surface area contributed by atoms with Crippen molar-refractivity contribution in [3.63, 3.8) is 0 Å². The van der Waals surface area contributed by atoms with Gasteiger partial charge >= 0.3 is 0 Å². The Morgan fingerprint density at radius 2 is 2.00 bits per heavy atom. The number of anilines is 1. The Morgan fingerprint density at radius 1 is 1.33 bits per heavy atom. The predicted octanol–water partition coefficient (Wildman–Crippen LogP) is 3.20. The van der Waals surface area contributed by atoms with Crippen molar-refractivity contribution in [2.45, 2.75) is 38.6 Å². The molecule has 1 aliphatic rings. The highest BCUT2D eigenvalue weighted by Crippen LogP contribution is 2.38. The van der Waals surface area contributed by atoms with Crippen molar-refractivity contribution in [1.82, 2.24) is 0 Å². The van der Waals surface area contributed by atoms with Gasteiger partial charge in [0.1, 0.15) is 5.82 Å². The summed E-state index contributed by atoms with van der Waals surface area (Å²) < 4.78 is 13.0. The van der Waals surface area contributed by atoms with E-state index in [2.05, 4.69) is 18.7 Å². The standard InChI is InChI=1S/C15H22FNO/c1-15(2)12(9-11-18)4-3-10-17(15)14-7-5-13(16)6-8-14/h5-8,12,18H,3-4,9-11H2,1-2H3. The summed E-state index contributed by atoms with van der Waals surface area (Å²) in [5.41, 5.74) is 1.09. The van der Waals surface area contributed by atoms with Crippen LogP contribution in [0, 0.1) is 11.7 Å². The third kappa shape index (κ3) is 2.51. The summed E-state index contributed by atoms with van der Waals surface area (Å²) in [5.74, 6) is 0.293. The topological polar surface area (TPSA) is 23.5 Å². The summed E-state index contributed by atoms with van der Waals surface area (Å²) in [6.07, 6.45) is 3.13. The molecule has 1 aliphatic heterocycles. The summed E-state index contributed by atoms with van der Waals surface area (Å²) in [4.78, 5) is 2.34. The lowest BCUT2D eigenvalue weighted by Gasteiger charge is -2.49. The fourth-order valence-electron chi connectivity index (χ4n) is 3.09. The van der Waals surface area contributed by atoms with E-state index in [1.807, 2.05) is 12.1 Å². The van der Waals surface area contributed by atoms with Gasteiger partial charge in [-0.3, -0.25) is 0 Å². The van der Waals surface area contributed by atoms with E-state index < -0.39 is 0 Å². The van der Waals surface area contributed by atoms with E-state index in [1.165, 1.54) is 12.1 Å². The van der Waals surface area contributed by atoms with Gasteiger partial charge in [-0.05, 0) is 63.3 Å². The predicted molar refractivity (Wildman–Crippen MR) is 72.3 cm³/mol. The summed E-state index contributed by atoms with van der Waals surface area (Å²) in [6.45, 7) is 5.68. The summed E-state index contributed by atoms with van der Waals surface area (Å²) in [5, 5.41) is 9.18. The molecule has 0 amide bonds. The highest BCUT2D eigenvalue weighted by atomic mass is 19.1. The zero-order valence-electron chi connectivity index (χ0n) is 11.2. The average molecular weight is 251 g/mol. The molecule has 0 aliphatic carbocycles. The number of piperidine rings is 1. The van der Waals surface area contributed by atoms with Gasteiger partial charge in [0.15, 0.2) is 0 Å². The first-order chi connectivity index (χ1) is 8.55. The van der Waals surface area contributed by atoms with Crippen molar-refractivity contribution in [1.29, 1.82) is 0 Å². The number of hydrogen-bond acceptors (Lipinski definition) is 2. The summed E-state index contributed by atoms with van der Waals surface area (Å²) in [6, 6.07) is 6.72. The van der Waals surface area contributed by atoms with E-state index in [4.69, 9.17) is 0 Å². The van der Waals surface area contributed by atoms with Crippen LogP contribution in [-0.4, -0.2) is 23.8 Å². The normalized spacial score (nSPS) is 23.1. The minimum Gasteiger partial charge on any atom is -0.396 e. The minimum absolute atomic E-state index is 0.0127. The van der Waals surface area contributed by atoms with E-state index in [1.54, 1.807) is 0 Å². The molecule has 0 aromatic heterocycles. The molecule has 0 saturated carbocycles. The lowest BCUT2D eigenvalue weighted by atomic mass is 9.77. The minimum atomic E-state index is -0.194. The molecule has 1 fully saturated rings. The first-order valence-electron chi connectivity index (χ1n) is 6.70. The van der Waals surface area contributed by atoms with Crippen molar-refractivity contribution in [3.8, 4) is 0 Å². The van der Waals surface area contributed by atoms with Crippen molar-refractivity contribution in [3.05, 3.63) is 30.1 Å². The quantitative estimate of drug-likeness (QED) is 0.891. The van der Waals surface area contributed by atoms with E-state index in [-0.39, 0.29) is 18.0 Å². The third-order valence-corrected chi connectivity index (χ3v) is 4.24. The van der Waals surface area contributed by atoms with Crippen LogP contribution in [0.1, 0.15) is 33.1 Å². The van der Waals surface area contributed by atoms with Crippen LogP contribution < -0.4 is 4.90 Å². The molecule has 0 bridgehead atoms. The highest BCUT2D eigenvalue weighted by Gasteiger charge is 2.37. The molecule has 2 rings (SSSR count). The Kier molecular flexibility index (Phi) is 3.91. The van der Waals surface area contributed by atoms with Gasteiger partial charge < -0.3 is 10.0 Å². The van der Waals surface area contributed by atoms with Gasteiger partial charge in [0.2, 0.25) is 0 Å².